The number of carboxylic acids is 1. The third-order valence-electron chi connectivity index (χ3n) is 3.58. The molecule has 0 radical (unpaired) electrons. The average molecular weight is 373 g/mol. The maximum Gasteiger partial charge on any atom is 0.320 e. The van der Waals surface area contributed by atoms with E-state index >= 15 is 0 Å². The minimum atomic E-state index is -3.92. The van der Waals surface area contributed by atoms with Gasteiger partial charge in [0.15, 0.2) is 0 Å². The van der Waals surface area contributed by atoms with E-state index < -0.39 is 28.7 Å². The Bertz CT molecular complexity index is 691. The predicted molar refractivity (Wildman–Crippen MR) is 90.4 cm³/mol. The number of benzene rings is 1. The second-order valence-electron chi connectivity index (χ2n) is 5.71. The highest BCUT2D eigenvalue weighted by molar-refractivity contribution is 7.89. The molecule has 0 saturated heterocycles. The SMILES string of the molecule is CC(=O)CN(CCC[C@H](N)C(=O)O)S(=O)(=O)c1ccc(CC[18F])cc1. The molecule has 0 aliphatic rings. The molecule has 0 unspecified atom stereocenters. The molecule has 3 N–H and O–H groups in total. The molecule has 1 atom stereocenters. The van der Waals surface area contributed by atoms with E-state index in [1.807, 2.05) is 0 Å². The zero-order chi connectivity index (χ0) is 19.0. The molecule has 0 aromatic heterocycles. The van der Waals surface area contributed by atoms with Crippen molar-refractivity contribution in [2.75, 3.05) is 19.8 Å². The van der Waals surface area contributed by atoms with Gasteiger partial charge in [-0.2, -0.15) is 4.31 Å². The smallest absolute Gasteiger partial charge is 0.320 e. The Morgan fingerprint density at radius 2 is 1.88 bits per heavy atom. The van der Waals surface area contributed by atoms with E-state index in [1.165, 1.54) is 31.2 Å². The van der Waals surface area contributed by atoms with Gasteiger partial charge in [0.1, 0.15) is 11.8 Å². The molecule has 1 aromatic carbocycles. The van der Waals surface area contributed by atoms with Crippen LogP contribution in [0.4, 0.5) is 4.39 Å². The van der Waals surface area contributed by atoms with Gasteiger partial charge in [0.25, 0.3) is 0 Å². The highest BCUT2D eigenvalue weighted by atomic mass is 32.2. The number of hydrogen-bond donors (Lipinski definition) is 2. The van der Waals surface area contributed by atoms with E-state index in [4.69, 9.17) is 10.8 Å². The number of alkyl halides is 1. The summed E-state index contributed by atoms with van der Waals surface area (Å²) in [5.74, 6) is -1.50. The summed E-state index contributed by atoms with van der Waals surface area (Å²) in [5, 5.41) is 8.76. The van der Waals surface area contributed by atoms with Crippen LogP contribution in [-0.2, 0) is 26.0 Å². The van der Waals surface area contributed by atoms with Gasteiger partial charge >= 0.3 is 5.97 Å². The maximum atomic E-state index is 12.7. The van der Waals surface area contributed by atoms with E-state index in [-0.39, 0.29) is 43.0 Å². The van der Waals surface area contributed by atoms with Crippen molar-refractivity contribution in [2.45, 2.75) is 37.1 Å². The minimum Gasteiger partial charge on any atom is -0.480 e. The summed E-state index contributed by atoms with van der Waals surface area (Å²) in [5.41, 5.74) is 6.08. The molecule has 0 saturated carbocycles. The van der Waals surface area contributed by atoms with Crippen molar-refractivity contribution in [3.05, 3.63) is 29.8 Å². The number of carbonyl (C=O) groups excluding carboxylic acids is 1. The zero-order valence-corrected chi connectivity index (χ0v) is 14.8. The molecule has 0 aliphatic heterocycles. The predicted octanol–water partition coefficient (Wildman–Crippen LogP) is 0.970. The lowest BCUT2D eigenvalue weighted by molar-refractivity contribution is -0.138. The van der Waals surface area contributed by atoms with Crippen LogP contribution in [0.5, 0.6) is 0 Å². The average Bonchev–Trinajstić information content (AvgIpc) is 2.54. The Kier molecular flexibility index (Phi) is 8.14. The van der Waals surface area contributed by atoms with Gasteiger partial charge < -0.3 is 10.8 Å². The second-order valence-corrected chi connectivity index (χ2v) is 7.65. The topological polar surface area (TPSA) is 118 Å². The number of nitrogens with zero attached hydrogens (tertiary/aromatic N) is 1. The van der Waals surface area contributed by atoms with Gasteiger partial charge in [-0.15, -0.1) is 0 Å². The normalized spacial score (nSPS) is 13.0. The number of Topliss-reactive ketones (excluding diaryl/α,β-unsaturated/α-hetero) is 1. The van der Waals surface area contributed by atoms with E-state index in [9.17, 15) is 22.4 Å². The first-order chi connectivity index (χ1) is 11.7. The number of ketones is 1. The Morgan fingerprint density at radius 1 is 1.28 bits per heavy atom. The highest BCUT2D eigenvalue weighted by Gasteiger charge is 2.25. The van der Waals surface area contributed by atoms with Crippen molar-refractivity contribution in [1.82, 2.24) is 4.31 Å². The van der Waals surface area contributed by atoms with Crippen LogP contribution in [0.25, 0.3) is 0 Å². The molecule has 0 fully saturated rings. The molecule has 1 aromatic rings. The molecular formula is C16H23FN2O5S. The largest absolute Gasteiger partial charge is 0.480 e. The number of rotatable bonds is 11. The summed E-state index contributed by atoms with van der Waals surface area (Å²) in [6, 6.07) is 4.71. The van der Waals surface area contributed by atoms with Crippen LogP contribution in [0.1, 0.15) is 25.3 Å². The van der Waals surface area contributed by atoms with Crippen molar-refractivity contribution >= 4 is 21.8 Å². The Labute approximate surface area is 146 Å². The first-order valence-corrected chi connectivity index (χ1v) is 9.25. The van der Waals surface area contributed by atoms with E-state index in [1.54, 1.807) is 0 Å². The fourth-order valence-corrected chi connectivity index (χ4v) is 3.73. The van der Waals surface area contributed by atoms with E-state index in [0.717, 1.165) is 4.31 Å². The van der Waals surface area contributed by atoms with Gasteiger partial charge in [0, 0.05) is 13.0 Å². The minimum absolute atomic E-state index is 0.00103. The zero-order valence-electron chi connectivity index (χ0n) is 14.0. The molecule has 0 aliphatic carbocycles. The van der Waals surface area contributed by atoms with Crippen LogP contribution < -0.4 is 5.73 Å². The van der Waals surface area contributed by atoms with Gasteiger partial charge in [-0.3, -0.25) is 14.0 Å². The lowest BCUT2D eigenvalue weighted by atomic mass is 10.2. The number of aliphatic carboxylic acids is 1. The van der Waals surface area contributed by atoms with Crippen molar-refractivity contribution in [1.29, 1.82) is 0 Å². The quantitative estimate of drug-likeness (QED) is 0.597. The Balaban J connectivity index is 2.91. The third-order valence-corrected chi connectivity index (χ3v) is 5.44. The first-order valence-electron chi connectivity index (χ1n) is 7.81. The molecule has 1 rings (SSSR count). The monoisotopic (exact) mass is 373 g/mol. The van der Waals surface area contributed by atoms with Crippen LogP contribution in [-0.4, -0.2) is 55.4 Å². The van der Waals surface area contributed by atoms with Crippen LogP contribution in [0.3, 0.4) is 0 Å². The second kappa shape index (κ2) is 9.59. The summed E-state index contributed by atoms with van der Waals surface area (Å²) >= 11 is 0. The van der Waals surface area contributed by atoms with Crippen molar-refractivity contribution in [2.24, 2.45) is 5.73 Å². The number of aryl methyl sites for hydroxylation is 1. The summed E-state index contributed by atoms with van der Waals surface area (Å²) in [4.78, 5) is 22.1. The van der Waals surface area contributed by atoms with Gasteiger partial charge in [-0.25, -0.2) is 8.42 Å². The first kappa shape index (κ1) is 21.2. The molecule has 140 valence electrons. The molecular weight excluding hydrogens is 350 g/mol. The molecule has 9 heteroatoms. The standard InChI is InChI=1S/C16H23FN2O5S/c1-12(20)11-19(10-2-3-15(18)16(21)22)25(23,24)14-6-4-13(5-7-14)8-9-17/h4-7,15H,2-3,8-11,18H2,1H3,(H,21,22)/t15-/m0/s1/i17-1. The van der Waals surface area contributed by atoms with Crippen molar-refractivity contribution in [3.8, 4) is 0 Å². The maximum absolute atomic E-state index is 12.7. The number of sulfonamides is 1. The fraction of sp³-hybridized carbons (Fsp3) is 0.500. The molecule has 0 spiro atoms. The van der Waals surface area contributed by atoms with Crippen LogP contribution in [0.2, 0.25) is 0 Å². The molecule has 25 heavy (non-hydrogen) atoms. The molecule has 0 bridgehead atoms. The highest BCUT2D eigenvalue weighted by Crippen LogP contribution is 2.18. The van der Waals surface area contributed by atoms with Crippen LogP contribution in [0.15, 0.2) is 29.2 Å². The van der Waals surface area contributed by atoms with E-state index in [0.29, 0.717) is 5.56 Å². The van der Waals surface area contributed by atoms with Gasteiger partial charge in [0.2, 0.25) is 10.0 Å². The summed E-state index contributed by atoms with van der Waals surface area (Å²) in [6.45, 7) is 0.411. The number of carboxylic acid groups (broad SMARTS) is 1. The van der Waals surface area contributed by atoms with Gasteiger partial charge in [-0.1, -0.05) is 12.1 Å². The third kappa shape index (κ3) is 6.52. The fourth-order valence-electron chi connectivity index (χ4n) is 2.23. The molecule has 0 amide bonds. The Hall–Kier alpha value is -1.84. The number of nitrogens with two attached hydrogens (primary N) is 1. The van der Waals surface area contributed by atoms with Crippen molar-refractivity contribution in [3.63, 3.8) is 0 Å². The van der Waals surface area contributed by atoms with Gasteiger partial charge in [0.05, 0.1) is 18.1 Å². The number of halogens is 1. The van der Waals surface area contributed by atoms with E-state index in [2.05, 4.69) is 0 Å². The molecule has 0 heterocycles. The summed E-state index contributed by atoms with van der Waals surface area (Å²) < 4.78 is 38.7. The molecule has 7 nitrogen and oxygen atoms in total. The van der Waals surface area contributed by atoms with Gasteiger partial charge in [-0.05, 0) is 37.5 Å². The van der Waals surface area contributed by atoms with Crippen LogP contribution in [0, 0.1) is 0 Å². The number of carbonyl (C=O) groups is 2. The summed E-state index contributed by atoms with van der Waals surface area (Å²) in [6.07, 6.45) is 0.499. The number of hydrogen-bond acceptors (Lipinski definition) is 5. The van der Waals surface area contributed by atoms with Crippen LogP contribution >= 0.6 is 0 Å². The lowest BCUT2D eigenvalue weighted by Gasteiger charge is -2.21. The van der Waals surface area contributed by atoms with Crippen molar-refractivity contribution < 1.29 is 27.5 Å². The lowest BCUT2D eigenvalue weighted by Crippen LogP contribution is -2.37. The Morgan fingerprint density at radius 3 is 2.36 bits per heavy atom. The summed E-state index contributed by atoms with van der Waals surface area (Å²) in [7, 11) is -3.92.